The maximum Gasteiger partial charge on any atom is 0.230 e. The van der Waals surface area contributed by atoms with Crippen molar-refractivity contribution >= 4 is 5.91 Å². The molecular formula is C21H25NO2. The Labute approximate surface area is 143 Å². The first kappa shape index (κ1) is 15.5. The standard InChI is InChI=1S/C21H25NO2/c23-21(20-13-5-8-16-7-1-4-12-19(16)20)22(17-9-2-3-10-17)15-18-11-6-14-24-18/h1,4,6-7,11-12,14,17,20H,2-3,5,8-10,13,15H2. The summed E-state index contributed by atoms with van der Waals surface area (Å²) >= 11 is 0. The van der Waals surface area contributed by atoms with Gasteiger partial charge in [0.25, 0.3) is 0 Å². The molecule has 0 radical (unpaired) electrons. The summed E-state index contributed by atoms with van der Waals surface area (Å²) in [5.74, 6) is 1.20. The Balaban J connectivity index is 1.61. The maximum atomic E-state index is 13.5. The van der Waals surface area contributed by atoms with Gasteiger partial charge < -0.3 is 9.32 Å². The van der Waals surface area contributed by atoms with Crippen molar-refractivity contribution in [3.8, 4) is 0 Å². The molecule has 2 aromatic rings. The number of hydrogen-bond acceptors (Lipinski definition) is 2. The zero-order valence-electron chi connectivity index (χ0n) is 14.1. The van der Waals surface area contributed by atoms with Gasteiger partial charge in [-0.15, -0.1) is 0 Å². The largest absolute Gasteiger partial charge is 0.467 e. The van der Waals surface area contributed by atoms with Crippen molar-refractivity contribution in [2.24, 2.45) is 0 Å². The van der Waals surface area contributed by atoms with Gasteiger partial charge in [0.15, 0.2) is 0 Å². The van der Waals surface area contributed by atoms with Crippen LogP contribution >= 0.6 is 0 Å². The molecule has 0 bridgehead atoms. The highest BCUT2D eigenvalue weighted by atomic mass is 16.3. The minimum Gasteiger partial charge on any atom is -0.467 e. The van der Waals surface area contributed by atoms with E-state index < -0.39 is 0 Å². The quantitative estimate of drug-likeness (QED) is 0.819. The van der Waals surface area contributed by atoms with E-state index in [1.54, 1.807) is 6.26 Å². The van der Waals surface area contributed by atoms with E-state index in [2.05, 4.69) is 29.2 Å². The Morgan fingerprint density at radius 1 is 1.04 bits per heavy atom. The van der Waals surface area contributed by atoms with E-state index in [-0.39, 0.29) is 5.92 Å². The van der Waals surface area contributed by atoms with Gasteiger partial charge in [-0.05, 0) is 55.4 Å². The molecule has 4 rings (SSSR count). The fourth-order valence-electron chi connectivity index (χ4n) is 4.38. The predicted molar refractivity (Wildman–Crippen MR) is 93.6 cm³/mol. The van der Waals surface area contributed by atoms with Crippen molar-refractivity contribution in [3.05, 3.63) is 59.5 Å². The summed E-state index contributed by atoms with van der Waals surface area (Å²) in [6.45, 7) is 0.606. The fraction of sp³-hybridized carbons (Fsp3) is 0.476. The van der Waals surface area contributed by atoms with Crippen LogP contribution in [0.1, 0.15) is 61.3 Å². The lowest BCUT2D eigenvalue weighted by Gasteiger charge is -2.34. The summed E-state index contributed by atoms with van der Waals surface area (Å²) in [5, 5.41) is 0. The first-order valence-corrected chi connectivity index (χ1v) is 9.23. The number of carbonyl (C=O) groups excluding carboxylic acids is 1. The molecule has 0 N–H and O–H groups in total. The van der Waals surface area contributed by atoms with E-state index in [1.165, 1.54) is 24.0 Å². The molecule has 3 heteroatoms. The maximum absolute atomic E-state index is 13.5. The number of hydrogen-bond donors (Lipinski definition) is 0. The molecule has 3 nitrogen and oxygen atoms in total. The minimum atomic E-state index is 0.0190. The third kappa shape index (κ3) is 3.00. The summed E-state index contributed by atoms with van der Waals surface area (Å²) in [6.07, 6.45) is 9.58. The average Bonchev–Trinajstić information content (AvgIpc) is 3.32. The van der Waals surface area contributed by atoms with Crippen LogP contribution in [-0.4, -0.2) is 16.8 Å². The third-order valence-corrected chi connectivity index (χ3v) is 5.62. The normalized spacial score (nSPS) is 20.8. The van der Waals surface area contributed by atoms with Gasteiger partial charge in [-0.1, -0.05) is 37.1 Å². The van der Waals surface area contributed by atoms with Gasteiger partial charge in [-0.3, -0.25) is 4.79 Å². The average molecular weight is 323 g/mol. The summed E-state index contributed by atoms with van der Waals surface area (Å²) in [4.78, 5) is 15.6. The number of aryl methyl sites for hydroxylation is 1. The lowest BCUT2D eigenvalue weighted by Crippen LogP contribution is -2.41. The fourth-order valence-corrected chi connectivity index (χ4v) is 4.38. The first-order valence-electron chi connectivity index (χ1n) is 9.23. The molecule has 1 heterocycles. The van der Waals surface area contributed by atoms with Gasteiger partial charge in [0, 0.05) is 6.04 Å². The zero-order chi connectivity index (χ0) is 16.4. The van der Waals surface area contributed by atoms with Crippen LogP contribution in [0.2, 0.25) is 0 Å². The summed E-state index contributed by atoms with van der Waals surface area (Å²) in [5.41, 5.74) is 2.60. The van der Waals surface area contributed by atoms with Crippen molar-refractivity contribution in [2.45, 2.75) is 63.5 Å². The van der Waals surface area contributed by atoms with E-state index >= 15 is 0 Å². The molecule has 1 aromatic heterocycles. The Hall–Kier alpha value is -2.03. The Kier molecular flexibility index (Phi) is 4.42. The highest BCUT2D eigenvalue weighted by Gasteiger charge is 2.34. The first-order chi connectivity index (χ1) is 11.8. The van der Waals surface area contributed by atoms with Crippen LogP contribution in [0.3, 0.4) is 0 Å². The molecule has 0 aliphatic heterocycles. The number of nitrogens with zero attached hydrogens (tertiary/aromatic N) is 1. The molecule has 2 aliphatic carbocycles. The van der Waals surface area contributed by atoms with E-state index in [0.29, 0.717) is 18.5 Å². The van der Waals surface area contributed by atoms with Crippen LogP contribution in [0, 0.1) is 0 Å². The van der Waals surface area contributed by atoms with Gasteiger partial charge >= 0.3 is 0 Å². The van der Waals surface area contributed by atoms with Gasteiger partial charge in [0.05, 0.1) is 18.7 Å². The van der Waals surface area contributed by atoms with E-state index in [4.69, 9.17) is 4.42 Å². The summed E-state index contributed by atoms with van der Waals surface area (Å²) in [6, 6.07) is 12.7. The number of fused-ring (bicyclic) bond motifs is 1. The van der Waals surface area contributed by atoms with Crippen LogP contribution in [0.25, 0.3) is 0 Å². The molecule has 1 amide bonds. The van der Waals surface area contributed by atoms with E-state index in [1.807, 2.05) is 12.1 Å². The predicted octanol–water partition coefficient (Wildman–Crippen LogP) is 4.67. The van der Waals surface area contributed by atoms with Crippen molar-refractivity contribution in [1.82, 2.24) is 4.90 Å². The van der Waals surface area contributed by atoms with Crippen molar-refractivity contribution in [2.75, 3.05) is 0 Å². The molecule has 1 saturated carbocycles. The van der Waals surface area contributed by atoms with Crippen LogP contribution < -0.4 is 0 Å². The highest BCUT2D eigenvalue weighted by Crippen LogP contribution is 2.35. The van der Waals surface area contributed by atoms with Crippen molar-refractivity contribution < 1.29 is 9.21 Å². The zero-order valence-corrected chi connectivity index (χ0v) is 14.1. The molecule has 2 aliphatic rings. The van der Waals surface area contributed by atoms with Crippen LogP contribution in [0.5, 0.6) is 0 Å². The number of amides is 1. The van der Waals surface area contributed by atoms with Crippen LogP contribution in [0.4, 0.5) is 0 Å². The smallest absolute Gasteiger partial charge is 0.230 e. The minimum absolute atomic E-state index is 0.0190. The molecule has 1 fully saturated rings. The third-order valence-electron chi connectivity index (χ3n) is 5.62. The molecule has 24 heavy (non-hydrogen) atoms. The summed E-state index contributed by atoms with van der Waals surface area (Å²) < 4.78 is 5.54. The number of furan rings is 1. The molecule has 1 aromatic carbocycles. The van der Waals surface area contributed by atoms with Gasteiger partial charge in [0.2, 0.25) is 5.91 Å². The molecule has 0 saturated heterocycles. The van der Waals surface area contributed by atoms with Crippen LogP contribution in [-0.2, 0) is 17.8 Å². The van der Waals surface area contributed by atoms with Gasteiger partial charge in [-0.25, -0.2) is 0 Å². The molecule has 1 atom stereocenters. The molecular weight excluding hydrogens is 298 g/mol. The second-order valence-electron chi connectivity index (χ2n) is 7.13. The lowest BCUT2D eigenvalue weighted by atomic mass is 9.82. The van der Waals surface area contributed by atoms with Crippen LogP contribution in [0.15, 0.2) is 47.1 Å². The summed E-state index contributed by atoms with van der Waals surface area (Å²) in [7, 11) is 0. The Morgan fingerprint density at radius 2 is 1.88 bits per heavy atom. The number of carbonyl (C=O) groups is 1. The molecule has 126 valence electrons. The van der Waals surface area contributed by atoms with E-state index in [9.17, 15) is 4.79 Å². The van der Waals surface area contributed by atoms with Gasteiger partial charge in [0.1, 0.15) is 5.76 Å². The lowest BCUT2D eigenvalue weighted by molar-refractivity contribution is -0.136. The SMILES string of the molecule is O=C(C1CCCc2ccccc21)N(Cc1ccco1)C1CCCC1. The molecule has 0 spiro atoms. The number of rotatable bonds is 4. The second-order valence-corrected chi connectivity index (χ2v) is 7.13. The van der Waals surface area contributed by atoms with Crippen molar-refractivity contribution in [1.29, 1.82) is 0 Å². The topological polar surface area (TPSA) is 33.5 Å². The Morgan fingerprint density at radius 3 is 2.67 bits per heavy atom. The second kappa shape index (κ2) is 6.84. The van der Waals surface area contributed by atoms with E-state index in [0.717, 1.165) is 37.9 Å². The monoisotopic (exact) mass is 323 g/mol. The van der Waals surface area contributed by atoms with Gasteiger partial charge in [-0.2, -0.15) is 0 Å². The van der Waals surface area contributed by atoms with Crippen molar-refractivity contribution in [3.63, 3.8) is 0 Å². The molecule has 1 unspecified atom stereocenters. The highest BCUT2D eigenvalue weighted by molar-refractivity contribution is 5.84. The Bertz CT molecular complexity index is 686. The number of benzene rings is 1.